The van der Waals surface area contributed by atoms with E-state index in [0.29, 0.717) is 12.2 Å². The molecule has 2 unspecified atom stereocenters. The van der Waals surface area contributed by atoms with Gasteiger partial charge in [-0.2, -0.15) is 5.48 Å². The van der Waals surface area contributed by atoms with Gasteiger partial charge in [0, 0.05) is 18.8 Å². The minimum atomic E-state index is -1.87. The number of hydrogen-bond acceptors (Lipinski definition) is 5. The van der Waals surface area contributed by atoms with E-state index in [2.05, 4.69) is 10.5 Å². The Morgan fingerprint density at radius 3 is 2.28 bits per heavy atom. The van der Waals surface area contributed by atoms with Crippen LogP contribution in [0.2, 0.25) is 0 Å². The van der Waals surface area contributed by atoms with Gasteiger partial charge in [0.15, 0.2) is 0 Å². The van der Waals surface area contributed by atoms with Gasteiger partial charge in [-0.1, -0.05) is 61.5 Å². The zero-order valence-corrected chi connectivity index (χ0v) is 16.2. The number of rotatable bonds is 10. The van der Waals surface area contributed by atoms with Gasteiger partial charge in [-0.3, -0.25) is 4.98 Å². The minimum Gasteiger partial charge on any atom is -0.476 e. The third-order valence-electron chi connectivity index (χ3n) is 4.42. The van der Waals surface area contributed by atoms with E-state index in [0.717, 1.165) is 11.1 Å². The maximum atomic E-state index is 12.2. The molecule has 6 nitrogen and oxygen atoms in total. The molecule has 0 saturated carbocycles. The Morgan fingerprint density at radius 1 is 1.03 bits per heavy atom. The van der Waals surface area contributed by atoms with Crippen LogP contribution in [0.5, 0.6) is 5.75 Å². The van der Waals surface area contributed by atoms with Crippen LogP contribution in [0, 0.1) is 0 Å². The summed E-state index contributed by atoms with van der Waals surface area (Å²) >= 11 is 0. The van der Waals surface area contributed by atoms with Crippen molar-refractivity contribution < 1.29 is 19.5 Å². The molecule has 2 atom stereocenters. The van der Waals surface area contributed by atoms with E-state index < -0.39 is 17.8 Å². The van der Waals surface area contributed by atoms with Crippen LogP contribution in [0.15, 0.2) is 85.2 Å². The van der Waals surface area contributed by atoms with E-state index in [-0.39, 0.29) is 6.42 Å². The van der Waals surface area contributed by atoms with Gasteiger partial charge in [0.2, 0.25) is 0 Å². The van der Waals surface area contributed by atoms with E-state index in [1.165, 1.54) is 0 Å². The van der Waals surface area contributed by atoms with E-state index in [9.17, 15) is 9.90 Å². The zero-order chi connectivity index (χ0) is 20.5. The highest BCUT2D eigenvalue weighted by Crippen LogP contribution is 2.27. The lowest BCUT2D eigenvalue weighted by molar-refractivity contribution is -0.240. The molecule has 0 saturated heterocycles. The molecular weight excluding hydrogens is 368 g/mol. The molecule has 1 aromatic heterocycles. The molecule has 2 aromatic carbocycles. The molecule has 0 aliphatic rings. The molecule has 0 radical (unpaired) electrons. The molecule has 3 rings (SSSR count). The Labute approximate surface area is 170 Å². The summed E-state index contributed by atoms with van der Waals surface area (Å²) in [4.78, 5) is 22.2. The highest BCUT2D eigenvalue weighted by atomic mass is 16.8. The van der Waals surface area contributed by atoms with Crippen LogP contribution in [0.4, 0.5) is 0 Å². The van der Waals surface area contributed by atoms with Gasteiger partial charge < -0.3 is 9.84 Å². The third kappa shape index (κ3) is 5.19. The summed E-state index contributed by atoms with van der Waals surface area (Å²) in [6.45, 7) is 1.88. The number of hydrogen-bond donors (Lipinski definition) is 2. The number of aromatic nitrogens is 1. The summed E-state index contributed by atoms with van der Waals surface area (Å²) in [5.41, 5.74) is 4.69. The predicted molar refractivity (Wildman–Crippen MR) is 109 cm³/mol. The van der Waals surface area contributed by atoms with Gasteiger partial charge in [-0.15, -0.1) is 0 Å². The zero-order valence-electron chi connectivity index (χ0n) is 16.2. The molecular formula is C23H24N2O4. The molecule has 6 heteroatoms. The Bertz CT molecular complexity index is 851. The molecule has 2 N–H and O–H groups in total. The molecule has 3 aromatic rings. The van der Waals surface area contributed by atoms with Crippen molar-refractivity contribution in [1.29, 1.82) is 0 Å². The maximum Gasteiger partial charge on any atom is 0.378 e. The number of para-hydroxylation sites is 1. The standard InChI is InChI=1S/C23H24N2O4/c1-2-15-23(22(26)27,28-20-13-7-4-8-14-20)29-25-21(18-10-5-3-6-11-18)19-12-9-16-24-17-19/h3-14,16-17,21,25H,2,15H2,1H3,(H,26,27). The normalized spacial score (nSPS) is 14.0. The third-order valence-corrected chi connectivity index (χ3v) is 4.42. The van der Waals surface area contributed by atoms with Crippen LogP contribution >= 0.6 is 0 Å². The monoisotopic (exact) mass is 392 g/mol. The van der Waals surface area contributed by atoms with Crippen molar-refractivity contribution in [2.24, 2.45) is 0 Å². The highest BCUT2D eigenvalue weighted by molar-refractivity contribution is 5.76. The second kappa shape index (κ2) is 9.82. The average molecular weight is 392 g/mol. The summed E-state index contributed by atoms with van der Waals surface area (Å²) in [7, 11) is 0. The van der Waals surface area contributed by atoms with Gasteiger partial charge in [0.1, 0.15) is 5.75 Å². The van der Waals surface area contributed by atoms with Crippen LogP contribution in [0.3, 0.4) is 0 Å². The largest absolute Gasteiger partial charge is 0.476 e. The van der Waals surface area contributed by atoms with Crippen LogP contribution in [-0.4, -0.2) is 21.8 Å². The Morgan fingerprint density at radius 2 is 1.69 bits per heavy atom. The van der Waals surface area contributed by atoms with Crippen LogP contribution in [0.1, 0.15) is 36.9 Å². The van der Waals surface area contributed by atoms with Crippen molar-refractivity contribution in [2.75, 3.05) is 0 Å². The smallest absolute Gasteiger partial charge is 0.378 e. The lowest BCUT2D eigenvalue weighted by Gasteiger charge is -2.31. The topological polar surface area (TPSA) is 80.7 Å². The molecule has 0 fully saturated rings. The van der Waals surface area contributed by atoms with Crippen molar-refractivity contribution in [3.05, 3.63) is 96.3 Å². The summed E-state index contributed by atoms with van der Waals surface area (Å²) in [6, 6.07) is 21.7. The first-order chi connectivity index (χ1) is 14.1. The number of hydroxylamine groups is 1. The lowest BCUT2D eigenvalue weighted by atomic mass is 10.0. The van der Waals surface area contributed by atoms with Crippen molar-refractivity contribution in [2.45, 2.75) is 31.6 Å². The second-order valence-corrected chi connectivity index (χ2v) is 6.57. The van der Waals surface area contributed by atoms with E-state index in [1.807, 2.05) is 55.5 Å². The van der Waals surface area contributed by atoms with Crippen molar-refractivity contribution in [3.8, 4) is 5.75 Å². The Hall–Kier alpha value is -3.22. The lowest BCUT2D eigenvalue weighted by Crippen LogP contribution is -2.51. The first-order valence-electron chi connectivity index (χ1n) is 9.50. The molecule has 0 aliphatic heterocycles. The SMILES string of the molecule is CCCC(ONC(c1ccccc1)c1cccnc1)(Oc1ccccc1)C(=O)O. The van der Waals surface area contributed by atoms with E-state index >= 15 is 0 Å². The number of aliphatic carboxylic acids is 1. The van der Waals surface area contributed by atoms with Crippen molar-refractivity contribution >= 4 is 5.97 Å². The fraction of sp³-hybridized carbons (Fsp3) is 0.217. The first kappa shape index (κ1) is 20.5. The van der Waals surface area contributed by atoms with Crippen molar-refractivity contribution in [1.82, 2.24) is 10.5 Å². The summed E-state index contributed by atoms with van der Waals surface area (Å²) in [5.74, 6) is -2.65. The minimum absolute atomic E-state index is 0.165. The van der Waals surface area contributed by atoms with E-state index in [4.69, 9.17) is 9.57 Å². The summed E-state index contributed by atoms with van der Waals surface area (Å²) < 4.78 is 5.83. The highest BCUT2D eigenvalue weighted by Gasteiger charge is 2.43. The second-order valence-electron chi connectivity index (χ2n) is 6.57. The summed E-state index contributed by atoms with van der Waals surface area (Å²) in [6.07, 6.45) is 4.13. The van der Waals surface area contributed by atoms with Crippen LogP contribution < -0.4 is 10.2 Å². The number of benzene rings is 2. The molecule has 0 bridgehead atoms. The number of nitrogens with one attached hydrogen (secondary N) is 1. The van der Waals surface area contributed by atoms with Gasteiger partial charge in [-0.25, -0.2) is 9.63 Å². The van der Waals surface area contributed by atoms with Crippen molar-refractivity contribution in [3.63, 3.8) is 0 Å². The number of ether oxygens (including phenoxy) is 1. The molecule has 0 spiro atoms. The molecule has 1 heterocycles. The quantitative estimate of drug-likeness (QED) is 0.394. The molecule has 150 valence electrons. The number of carbonyl (C=O) groups is 1. The van der Waals surface area contributed by atoms with Crippen LogP contribution in [0.25, 0.3) is 0 Å². The number of pyridine rings is 1. The fourth-order valence-electron chi connectivity index (χ4n) is 3.00. The Balaban J connectivity index is 1.89. The average Bonchev–Trinajstić information content (AvgIpc) is 2.76. The van der Waals surface area contributed by atoms with Gasteiger partial charge >= 0.3 is 11.8 Å². The molecule has 0 aliphatic carbocycles. The molecule has 0 amide bonds. The number of nitrogens with zero attached hydrogens (tertiary/aromatic N) is 1. The van der Waals surface area contributed by atoms with Gasteiger partial charge in [0.25, 0.3) is 0 Å². The summed E-state index contributed by atoms with van der Waals surface area (Å²) in [5, 5.41) is 9.97. The van der Waals surface area contributed by atoms with Gasteiger partial charge in [-0.05, 0) is 35.7 Å². The maximum absolute atomic E-state index is 12.2. The van der Waals surface area contributed by atoms with E-state index in [1.54, 1.807) is 36.7 Å². The Kier molecular flexibility index (Phi) is 6.94. The van der Waals surface area contributed by atoms with Crippen LogP contribution in [-0.2, 0) is 9.63 Å². The molecule has 29 heavy (non-hydrogen) atoms. The number of carboxylic acids is 1. The number of carboxylic acid groups (broad SMARTS) is 1. The fourth-order valence-corrected chi connectivity index (χ4v) is 3.00. The van der Waals surface area contributed by atoms with Gasteiger partial charge in [0.05, 0.1) is 6.04 Å². The first-order valence-corrected chi connectivity index (χ1v) is 9.50. The predicted octanol–water partition coefficient (Wildman–Crippen LogP) is 4.35.